The van der Waals surface area contributed by atoms with Gasteiger partial charge in [-0.2, -0.15) is 0 Å². The molecule has 0 saturated carbocycles. The Morgan fingerprint density at radius 1 is 1.20 bits per heavy atom. The summed E-state index contributed by atoms with van der Waals surface area (Å²) >= 11 is 0. The lowest BCUT2D eigenvalue weighted by atomic mass is 9.90. The summed E-state index contributed by atoms with van der Waals surface area (Å²) in [7, 11) is 4.11. The van der Waals surface area contributed by atoms with Crippen LogP contribution in [-0.4, -0.2) is 95.4 Å². The molecule has 3 fully saturated rings. The van der Waals surface area contributed by atoms with E-state index in [0.717, 1.165) is 30.9 Å². The van der Waals surface area contributed by atoms with Crippen LogP contribution in [0, 0.1) is 5.92 Å². The number of benzene rings is 1. The van der Waals surface area contributed by atoms with Crippen LogP contribution in [0.3, 0.4) is 0 Å². The number of hydrogen-bond donors (Lipinski definition) is 3. The zero-order valence-corrected chi connectivity index (χ0v) is 17.8. The van der Waals surface area contributed by atoms with Crippen LogP contribution < -0.4 is 15.2 Å². The zero-order valence-electron chi connectivity index (χ0n) is 17.8. The van der Waals surface area contributed by atoms with Gasteiger partial charge in [-0.25, -0.2) is 0 Å². The molecule has 30 heavy (non-hydrogen) atoms. The number of aliphatic hydroxyl groups is 2. The molecule has 166 valence electrons. The van der Waals surface area contributed by atoms with E-state index in [-0.39, 0.29) is 25.0 Å². The maximum atomic E-state index is 11.2. The summed E-state index contributed by atoms with van der Waals surface area (Å²) in [6.45, 7) is 3.40. The second kappa shape index (κ2) is 7.30. The van der Waals surface area contributed by atoms with Gasteiger partial charge in [-0.1, -0.05) is 6.07 Å². The maximum absolute atomic E-state index is 11.2. The van der Waals surface area contributed by atoms with Crippen LogP contribution >= 0.6 is 0 Å². The van der Waals surface area contributed by atoms with Crippen molar-refractivity contribution in [1.82, 2.24) is 14.7 Å². The number of rotatable bonds is 3. The minimum Gasteiger partial charge on any atom is -0.454 e. The van der Waals surface area contributed by atoms with Crippen molar-refractivity contribution < 1.29 is 24.4 Å². The minimum absolute atomic E-state index is 0.0281. The van der Waals surface area contributed by atoms with E-state index >= 15 is 0 Å². The molecule has 0 bridgehead atoms. The fourth-order valence-corrected chi connectivity index (χ4v) is 5.54. The molecule has 4 N–H and O–H groups in total. The van der Waals surface area contributed by atoms with Crippen LogP contribution in [0.2, 0.25) is 0 Å². The third-order valence-electron chi connectivity index (χ3n) is 7.30. The van der Waals surface area contributed by atoms with Gasteiger partial charge in [0.1, 0.15) is 17.9 Å². The van der Waals surface area contributed by atoms with E-state index in [4.69, 9.17) is 19.9 Å². The Labute approximate surface area is 176 Å². The second-order valence-electron chi connectivity index (χ2n) is 9.33. The van der Waals surface area contributed by atoms with Gasteiger partial charge in [0.2, 0.25) is 6.79 Å². The summed E-state index contributed by atoms with van der Waals surface area (Å²) in [6, 6.07) is 5.73. The normalized spacial score (nSPS) is 42.1. The molecule has 9 nitrogen and oxygen atoms in total. The third kappa shape index (κ3) is 3.12. The van der Waals surface area contributed by atoms with E-state index in [9.17, 15) is 10.2 Å². The van der Waals surface area contributed by atoms with E-state index in [1.54, 1.807) is 6.92 Å². The van der Waals surface area contributed by atoms with E-state index in [0.29, 0.717) is 12.2 Å². The molecule has 9 heteroatoms. The SMILES string of the molecule is CN1CN(C)C2C(CCN2[C@@H]2O[C@H](Cc3ccc4c(c3)OCO4)[C@@](C)(O)[C@H]2O)C1N. The van der Waals surface area contributed by atoms with E-state index < -0.39 is 24.0 Å². The first kappa shape index (κ1) is 20.4. The van der Waals surface area contributed by atoms with Gasteiger partial charge >= 0.3 is 0 Å². The summed E-state index contributed by atoms with van der Waals surface area (Å²) in [4.78, 5) is 6.57. The number of ether oxygens (including phenoxy) is 3. The standard InChI is InChI=1S/C21H32N4O5/c1-21(27)16(9-12-4-5-14-15(8-12)29-11-28-14)30-20(17(21)26)25-7-6-13-18(22)23(2)10-24(3)19(13)25/h4-5,8,13,16-20,26-27H,6-7,9-11,22H2,1-3H3/t13?,16-,17+,18?,19?,20-,21-/m1/s1. The van der Waals surface area contributed by atoms with Crippen molar-refractivity contribution >= 4 is 0 Å². The number of nitrogens with two attached hydrogens (primary N) is 1. The van der Waals surface area contributed by atoms with Crippen molar-refractivity contribution in [2.75, 3.05) is 34.1 Å². The molecule has 4 aliphatic rings. The van der Waals surface area contributed by atoms with Gasteiger partial charge < -0.3 is 30.2 Å². The Balaban J connectivity index is 1.35. The average Bonchev–Trinajstić information content (AvgIpc) is 3.39. The van der Waals surface area contributed by atoms with Crippen LogP contribution in [0.4, 0.5) is 0 Å². The van der Waals surface area contributed by atoms with Crippen LogP contribution in [-0.2, 0) is 11.2 Å². The highest BCUT2D eigenvalue weighted by atomic mass is 16.7. The van der Waals surface area contributed by atoms with E-state index in [1.165, 1.54) is 0 Å². The van der Waals surface area contributed by atoms with Crippen molar-refractivity contribution in [3.05, 3.63) is 23.8 Å². The Hall–Kier alpha value is -1.46. The Kier molecular flexibility index (Phi) is 4.98. The van der Waals surface area contributed by atoms with Gasteiger partial charge in [0.05, 0.1) is 25.1 Å². The van der Waals surface area contributed by atoms with Gasteiger partial charge in [-0.15, -0.1) is 0 Å². The summed E-state index contributed by atoms with van der Waals surface area (Å²) in [5.41, 5.74) is 6.04. The predicted octanol–water partition coefficient (Wildman–Crippen LogP) is -0.438. The monoisotopic (exact) mass is 420 g/mol. The molecular formula is C21H32N4O5. The van der Waals surface area contributed by atoms with E-state index in [2.05, 4.69) is 21.7 Å². The molecule has 3 unspecified atom stereocenters. The first-order valence-electron chi connectivity index (χ1n) is 10.6. The first-order chi connectivity index (χ1) is 14.3. The smallest absolute Gasteiger partial charge is 0.231 e. The van der Waals surface area contributed by atoms with Gasteiger partial charge in [0.25, 0.3) is 0 Å². The lowest BCUT2D eigenvalue weighted by molar-refractivity contribution is -0.144. The Morgan fingerprint density at radius 3 is 2.77 bits per heavy atom. The molecule has 7 atom stereocenters. The highest BCUT2D eigenvalue weighted by Gasteiger charge is 2.57. The molecule has 0 aromatic heterocycles. The van der Waals surface area contributed by atoms with Crippen molar-refractivity contribution in [2.24, 2.45) is 11.7 Å². The van der Waals surface area contributed by atoms with Crippen LogP contribution in [0.5, 0.6) is 11.5 Å². The molecule has 0 amide bonds. The second-order valence-corrected chi connectivity index (χ2v) is 9.33. The van der Waals surface area contributed by atoms with Gasteiger partial charge in [0, 0.05) is 18.9 Å². The third-order valence-corrected chi connectivity index (χ3v) is 7.30. The molecule has 1 aromatic carbocycles. The molecular weight excluding hydrogens is 388 g/mol. The fraction of sp³-hybridized carbons (Fsp3) is 0.714. The largest absolute Gasteiger partial charge is 0.454 e. The molecule has 0 spiro atoms. The minimum atomic E-state index is -1.37. The first-order valence-corrected chi connectivity index (χ1v) is 10.6. The van der Waals surface area contributed by atoms with E-state index in [1.807, 2.05) is 25.2 Å². The summed E-state index contributed by atoms with van der Waals surface area (Å²) in [5.74, 6) is 1.69. The lowest BCUT2D eigenvalue weighted by Crippen LogP contribution is -2.65. The molecule has 0 aliphatic carbocycles. The van der Waals surface area contributed by atoms with Crippen molar-refractivity contribution in [3.8, 4) is 11.5 Å². The van der Waals surface area contributed by atoms with Crippen molar-refractivity contribution in [3.63, 3.8) is 0 Å². The number of likely N-dealkylation sites (tertiary alicyclic amines) is 1. The topological polar surface area (TPSA) is 104 Å². The molecule has 1 aromatic rings. The highest BCUT2D eigenvalue weighted by Crippen LogP contribution is 2.42. The number of fused-ring (bicyclic) bond motifs is 2. The number of hydrogen-bond acceptors (Lipinski definition) is 9. The predicted molar refractivity (Wildman–Crippen MR) is 109 cm³/mol. The zero-order chi connectivity index (χ0) is 21.2. The van der Waals surface area contributed by atoms with Gasteiger partial charge in [-0.3, -0.25) is 14.7 Å². The molecule has 3 saturated heterocycles. The molecule has 4 heterocycles. The fourth-order valence-electron chi connectivity index (χ4n) is 5.54. The summed E-state index contributed by atoms with van der Waals surface area (Å²) in [6.07, 6.45) is -0.677. The van der Waals surface area contributed by atoms with Crippen LogP contribution in [0.1, 0.15) is 18.9 Å². The Bertz CT molecular complexity index is 808. The van der Waals surface area contributed by atoms with Crippen LogP contribution in [0.25, 0.3) is 0 Å². The average molecular weight is 421 g/mol. The van der Waals surface area contributed by atoms with Gasteiger partial charge in [0.15, 0.2) is 11.5 Å². The highest BCUT2D eigenvalue weighted by molar-refractivity contribution is 5.44. The van der Waals surface area contributed by atoms with Crippen molar-refractivity contribution in [1.29, 1.82) is 0 Å². The summed E-state index contributed by atoms with van der Waals surface area (Å²) in [5, 5.41) is 22.2. The Morgan fingerprint density at radius 2 is 1.97 bits per heavy atom. The molecule has 4 aliphatic heterocycles. The number of nitrogens with zero attached hydrogens (tertiary/aromatic N) is 3. The lowest BCUT2D eigenvalue weighted by Gasteiger charge is -2.48. The summed E-state index contributed by atoms with van der Waals surface area (Å²) < 4.78 is 17.2. The number of aliphatic hydroxyl groups excluding tert-OH is 1. The molecule has 0 radical (unpaired) electrons. The quantitative estimate of drug-likeness (QED) is 0.600. The van der Waals surface area contributed by atoms with Crippen LogP contribution in [0.15, 0.2) is 18.2 Å². The van der Waals surface area contributed by atoms with Gasteiger partial charge in [-0.05, 0) is 45.1 Å². The maximum Gasteiger partial charge on any atom is 0.231 e. The van der Waals surface area contributed by atoms with Crippen molar-refractivity contribution in [2.45, 2.75) is 56.1 Å². The molecule has 5 rings (SSSR count).